The molecule has 0 aliphatic carbocycles. The quantitative estimate of drug-likeness (QED) is 0.481. The van der Waals surface area contributed by atoms with E-state index in [9.17, 15) is 0 Å². The van der Waals surface area contributed by atoms with Crippen LogP contribution in [0.15, 0.2) is 0 Å². The Labute approximate surface area is 62.9 Å². The normalized spacial score (nSPS) is 14.1. The summed E-state index contributed by atoms with van der Waals surface area (Å²) in [6.07, 6.45) is 3.81. The zero-order valence-electron chi connectivity index (χ0n) is 6.72. The van der Waals surface area contributed by atoms with Crippen LogP contribution < -0.4 is 17.2 Å². The molecule has 0 heterocycles. The first-order chi connectivity index (χ1) is 4.66. The highest BCUT2D eigenvalue weighted by atomic mass is 14.8. The molecule has 10 heavy (non-hydrogen) atoms. The highest BCUT2D eigenvalue weighted by Crippen LogP contribution is 2.01. The topological polar surface area (TPSA) is 78.1 Å². The van der Waals surface area contributed by atoms with Gasteiger partial charge in [-0.3, -0.25) is 0 Å². The van der Waals surface area contributed by atoms with Gasteiger partial charge in [-0.25, -0.2) is 0 Å². The molecular weight excluding hydrogens is 126 g/mol. The van der Waals surface area contributed by atoms with Gasteiger partial charge in [-0.2, -0.15) is 0 Å². The van der Waals surface area contributed by atoms with Crippen LogP contribution in [-0.2, 0) is 0 Å². The fraction of sp³-hybridized carbons (Fsp3) is 1.00. The Balaban J connectivity index is 3.12. The summed E-state index contributed by atoms with van der Waals surface area (Å²) in [7, 11) is 0. The molecular formula is C7H19N3. The van der Waals surface area contributed by atoms with Crippen molar-refractivity contribution >= 4 is 0 Å². The van der Waals surface area contributed by atoms with Gasteiger partial charge in [0.05, 0.1) is 6.17 Å². The lowest BCUT2D eigenvalue weighted by Crippen LogP contribution is -2.32. The van der Waals surface area contributed by atoms with Gasteiger partial charge >= 0.3 is 0 Å². The molecule has 0 rings (SSSR count). The summed E-state index contributed by atoms with van der Waals surface area (Å²) in [5.74, 6) is 0. The molecule has 0 aliphatic heterocycles. The van der Waals surface area contributed by atoms with Crippen molar-refractivity contribution in [3.63, 3.8) is 0 Å². The van der Waals surface area contributed by atoms with Crippen LogP contribution in [0.4, 0.5) is 0 Å². The molecule has 0 aromatic heterocycles. The van der Waals surface area contributed by atoms with Gasteiger partial charge in [0.15, 0.2) is 0 Å². The number of rotatable bonds is 5. The highest BCUT2D eigenvalue weighted by molar-refractivity contribution is 4.62. The SMILES string of the molecule is CCCC(N)CCC(N)N. The van der Waals surface area contributed by atoms with E-state index in [1.807, 2.05) is 0 Å². The van der Waals surface area contributed by atoms with Crippen molar-refractivity contribution in [1.29, 1.82) is 0 Å². The van der Waals surface area contributed by atoms with Gasteiger partial charge in [-0.15, -0.1) is 0 Å². The van der Waals surface area contributed by atoms with Crippen molar-refractivity contribution < 1.29 is 0 Å². The number of hydrogen-bond acceptors (Lipinski definition) is 3. The van der Waals surface area contributed by atoms with Crippen LogP contribution in [0.3, 0.4) is 0 Å². The fourth-order valence-electron chi connectivity index (χ4n) is 0.922. The minimum Gasteiger partial charge on any atom is -0.328 e. The first kappa shape index (κ1) is 9.88. The van der Waals surface area contributed by atoms with Crippen LogP contribution in [0.25, 0.3) is 0 Å². The molecule has 0 saturated heterocycles. The molecule has 0 aromatic carbocycles. The Morgan fingerprint density at radius 2 is 1.60 bits per heavy atom. The Kier molecular flexibility index (Phi) is 5.58. The Bertz CT molecular complexity index is 73.3. The van der Waals surface area contributed by atoms with Crippen molar-refractivity contribution in [3.05, 3.63) is 0 Å². The maximum absolute atomic E-state index is 5.72. The van der Waals surface area contributed by atoms with E-state index >= 15 is 0 Å². The maximum Gasteiger partial charge on any atom is 0.0521 e. The monoisotopic (exact) mass is 145 g/mol. The summed E-state index contributed by atoms with van der Waals surface area (Å²) in [5.41, 5.74) is 16.4. The van der Waals surface area contributed by atoms with E-state index in [1.54, 1.807) is 0 Å². The zero-order valence-corrected chi connectivity index (χ0v) is 6.72. The van der Waals surface area contributed by atoms with E-state index in [4.69, 9.17) is 17.2 Å². The van der Waals surface area contributed by atoms with Gasteiger partial charge in [0.1, 0.15) is 0 Å². The van der Waals surface area contributed by atoms with Crippen LogP contribution in [0.1, 0.15) is 32.6 Å². The third kappa shape index (κ3) is 6.01. The molecule has 0 fully saturated rings. The second kappa shape index (κ2) is 5.65. The molecule has 0 amide bonds. The molecule has 3 nitrogen and oxygen atoms in total. The molecule has 0 aliphatic rings. The van der Waals surface area contributed by atoms with Crippen molar-refractivity contribution in [2.75, 3.05) is 0 Å². The van der Waals surface area contributed by atoms with E-state index in [1.165, 1.54) is 0 Å². The number of hydrogen-bond donors (Lipinski definition) is 3. The van der Waals surface area contributed by atoms with Crippen LogP contribution in [0.5, 0.6) is 0 Å². The third-order valence-electron chi connectivity index (χ3n) is 1.53. The average molecular weight is 145 g/mol. The van der Waals surface area contributed by atoms with E-state index in [0.29, 0.717) is 6.04 Å². The molecule has 1 atom stereocenters. The van der Waals surface area contributed by atoms with E-state index < -0.39 is 0 Å². The molecule has 0 radical (unpaired) electrons. The largest absolute Gasteiger partial charge is 0.328 e. The Morgan fingerprint density at radius 1 is 1.00 bits per heavy atom. The van der Waals surface area contributed by atoms with Crippen molar-refractivity contribution in [2.24, 2.45) is 17.2 Å². The second-order valence-electron chi connectivity index (χ2n) is 2.79. The van der Waals surface area contributed by atoms with Crippen LogP contribution in [0, 0.1) is 0 Å². The maximum atomic E-state index is 5.72. The lowest BCUT2D eigenvalue weighted by atomic mass is 10.1. The summed E-state index contributed by atoms with van der Waals surface area (Å²) < 4.78 is 0. The van der Waals surface area contributed by atoms with Crippen molar-refractivity contribution in [2.45, 2.75) is 44.8 Å². The summed E-state index contributed by atoms with van der Waals surface area (Å²) >= 11 is 0. The molecule has 1 unspecified atom stereocenters. The third-order valence-corrected chi connectivity index (χ3v) is 1.53. The van der Waals surface area contributed by atoms with Crippen LogP contribution in [0.2, 0.25) is 0 Å². The minimum atomic E-state index is -0.192. The number of nitrogens with two attached hydrogens (primary N) is 3. The van der Waals surface area contributed by atoms with Crippen molar-refractivity contribution in [3.8, 4) is 0 Å². The fourth-order valence-corrected chi connectivity index (χ4v) is 0.922. The van der Waals surface area contributed by atoms with Crippen molar-refractivity contribution in [1.82, 2.24) is 0 Å². The van der Waals surface area contributed by atoms with Gasteiger partial charge in [0.2, 0.25) is 0 Å². The highest BCUT2D eigenvalue weighted by Gasteiger charge is 2.01. The van der Waals surface area contributed by atoms with Gasteiger partial charge in [-0.1, -0.05) is 13.3 Å². The van der Waals surface area contributed by atoms with Gasteiger partial charge < -0.3 is 17.2 Å². The van der Waals surface area contributed by atoms with Gasteiger partial charge in [0, 0.05) is 6.04 Å². The molecule has 3 heteroatoms. The first-order valence-corrected chi connectivity index (χ1v) is 3.93. The van der Waals surface area contributed by atoms with Crippen LogP contribution in [-0.4, -0.2) is 12.2 Å². The molecule has 0 aromatic rings. The average Bonchev–Trinajstić information content (AvgIpc) is 1.85. The summed E-state index contributed by atoms with van der Waals surface area (Å²) in [5, 5.41) is 0. The molecule has 0 saturated carbocycles. The molecule has 0 spiro atoms. The van der Waals surface area contributed by atoms with Crippen LogP contribution >= 0.6 is 0 Å². The Hall–Kier alpha value is -0.120. The molecule has 62 valence electrons. The van der Waals surface area contributed by atoms with Gasteiger partial charge in [0.25, 0.3) is 0 Å². The summed E-state index contributed by atoms with van der Waals surface area (Å²) in [4.78, 5) is 0. The molecule has 0 bridgehead atoms. The predicted octanol–water partition coefficient (Wildman–Crippen LogP) is 0.138. The Morgan fingerprint density at radius 3 is 2.00 bits per heavy atom. The standard InChI is InChI=1S/C7H19N3/c1-2-3-6(8)4-5-7(9)10/h6-7H,2-5,8-10H2,1H3. The smallest absolute Gasteiger partial charge is 0.0521 e. The second-order valence-corrected chi connectivity index (χ2v) is 2.79. The van der Waals surface area contributed by atoms with E-state index in [2.05, 4.69) is 6.92 Å². The first-order valence-electron chi connectivity index (χ1n) is 3.93. The molecule has 6 N–H and O–H groups in total. The summed E-state index contributed by atoms with van der Waals surface area (Å²) in [6.45, 7) is 2.13. The lowest BCUT2D eigenvalue weighted by molar-refractivity contribution is 0.500. The zero-order chi connectivity index (χ0) is 7.98. The summed E-state index contributed by atoms with van der Waals surface area (Å²) in [6, 6.07) is 0.291. The predicted molar refractivity (Wildman–Crippen MR) is 44.3 cm³/mol. The van der Waals surface area contributed by atoms with E-state index in [-0.39, 0.29) is 6.17 Å². The minimum absolute atomic E-state index is 0.192. The van der Waals surface area contributed by atoms with E-state index in [0.717, 1.165) is 25.7 Å². The lowest BCUT2D eigenvalue weighted by Gasteiger charge is -2.11. The van der Waals surface area contributed by atoms with Gasteiger partial charge in [-0.05, 0) is 19.3 Å².